The van der Waals surface area contributed by atoms with E-state index in [9.17, 15) is 14.7 Å². The average molecular weight is 453 g/mol. The Hall–Kier alpha value is -4.32. The second-order valence-electron chi connectivity index (χ2n) is 8.64. The molecule has 4 aromatic rings. The number of furan rings is 1. The van der Waals surface area contributed by atoms with Crippen molar-refractivity contribution in [3.63, 3.8) is 0 Å². The Labute approximate surface area is 197 Å². The van der Waals surface area contributed by atoms with Crippen LogP contribution in [0.15, 0.2) is 94.6 Å². The highest BCUT2D eigenvalue weighted by molar-refractivity contribution is 6.20. The summed E-state index contributed by atoms with van der Waals surface area (Å²) >= 11 is 0. The molecule has 1 aromatic heterocycles. The van der Waals surface area contributed by atoms with E-state index in [2.05, 4.69) is 0 Å². The first-order chi connectivity index (χ1) is 16.3. The van der Waals surface area contributed by atoms with E-state index in [0.29, 0.717) is 11.3 Å². The summed E-state index contributed by atoms with van der Waals surface area (Å²) < 4.78 is 5.79. The summed E-state index contributed by atoms with van der Waals surface area (Å²) in [4.78, 5) is 30.4. The minimum Gasteiger partial charge on any atom is -0.503 e. The number of aliphatic hydroxyl groups is 1. The second kappa shape index (κ2) is 8.23. The maximum Gasteiger partial charge on any atom is 0.294 e. The van der Waals surface area contributed by atoms with E-state index in [1.165, 1.54) is 4.90 Å². The number of ketones is 1. The topological polar surface area (TPSA) is 74.0 Å². The lowest BCUT2D eigenvalue weighted by molar-refractivity contribution is -0.117. The largest absolute Gasteiger partial charge is 0.503 e. The van der Waals surface area contributed by atoms with E-state index >= 15 is 0 Å². The first-order valence-electron chi connectivity index (χ1n) is 11.0. The fraction of sp³-hybridized carbons (Fsp3) is 0.143. The molecule has 0 spiro atoms. The number of nitrogens with zero attached hydrogens (tertiary/aromatic N) is 2. The predicted octanol–water partition coefficient (Wildman–Crippen LogP) is 5.59. The van der Waals surface area contributed by atoms with Crippen LogP contribution in [0.25, 0.3) is 11.0 Å². The van der Waals surface area contributed by atoms with Crippen LogP contribution in [0.5, 0.6) is 0 Å². The van der Waals surface area contributed by atoms with Crippen molar-refractivity contribution in [3.05, 3.63) is 107 Å². The molecule has 0 aliphatic carbocycles. The molecule has 170 valence electrons. The number of rotatable bonds is 5. The zero-order valence-electron chi connectivity index (χ0n) is 19.1. The number of anilines is 2. The van der Waals surface area contributed by atoms with Gasteiger partial charge in [-0.05, 0) is 48.9 Å². The molecule has 0 bridgehead atoms. The summed E-state index contributed by atoms with van der Waals surface area (Å²) in [6.45, 7) is 1.95. The smallest absolute Gasteiger partial charge is 0.294 e. The fourth-order valence-electron chi connectivity index (χ4n) is 4.40. The molecule has 0 saturated heterocycles. The summed E-state index contributed by atoms with van der Waals surface area (Å²) in [6.07, 6.45) is 0. The van der Waals surface area contributed by atoms with Gasteiger partial charge in [0.25, 0.3) is 5.91 Å². The Balaban J connectivity index is 1.64. The maximum absolute atomic E-state index is 13.7. The van der Waals surface area contributed by atoms with Gasteiger partial charge in [0, 0.05) is 30.9 Å². The molecule has 0 radical (unpaired) electrons. The van der Waals surface area contributed by atoms with Crippen molar-refractivity contribution in [2.75, 3.05) is 23.9 Å². The maximum atomic E-state index is 13.7. The Morgan fingerprint density at radius 2 is 1.71 bits per heavy atom. The van der Waals surface area contributed by atoms with Crippen molar-refractivity contribution < 1.29 is 19.1 Å². The minimum atomic E-state index is -0.793. The standard InChI is InChI=1S/C28H24N2O4/c1-17-7-6-9-19(15-17)25-24(26(31)23-16-18-8-4-5-10-22(18)34-23)27(32)28(33)30(25)21-13-11-20(12-14-21)29(2)3/h4-16,25,32H,1-3H3. The Kier molecular flexibility index (Phi) is 5.21. The number of para-hydroxylation sites is 1. The summed E-state index contributed by atoms with van der Waals surface area (Å²) in [5.41, 5.74) is 3.84. The first-order valence-corrected chi connectivity index (χ1v) is 11.0. The van der Waals surface area contributed by atoms with Crippen LogP contribution in [-0.4, -0.2) is 30.9 Å². The first kappa shape index (κ1) is 21.5. The van der Waals surface area contributed by atoms with Crippen LogP contribution < -0.4 is 9.80 Å². The Morgan fingerprint density at radius 3 is 2.38 bits per heavy atom. The van der Waals surface area contributed by atoms with Crippen LogP contribution in [0, 0.1) is 6.92 Å². The number of amides is 1. The van der Waals surface area contributed by atoms with Crippen molar-refractivity contribution >= 4 is 34.0 Å². The molecular weight excluding hydrogens is 428 g/mol. The predicted molar refractivity (Wildman–Crippen MR) is 132 cm³/mol. The third-order valence-electron chi connectivity index (χ3n) is 6.10. The average Bonchev–Trinajstić information content (AvgIpc) is 3.38. The van der Waals surface area contributed by atoms with Crippen LogP contribution in [0.2, 0.25) is 0 Å². The van der Waals surface area contributed by atoms with Crippen molar-refractivity contribution in [2.24, 2.45) is 0 Å². The van der Waals surface area contributed by atoms with Gasteiger partial charge in [0.05, 0.1) is 11.6 Å². The van der Waals surface area contributed by atoms with Crippen molar-refractivity contribution in [3.8, 4) is 0 Å². The molecule has 1 amide bonds. The van der Waals surface area contributed by atoms with Crippen molar-refractivity contribution in [1.29, 1.82) is 0 Å². The van der Waals surface area contributed by atoms with Crippen LogP contribution in [-0.2, 0) is 4.79 Å². The van der Waals surface area contributed by atoms with E-state index < -0.39 is 23.5 Å². The molecule has 34 heavy (non-hydrogen) atoms. The monoisotopic (exact) mass is 452 g/mol. The van der Waals surface area contributed by atoms with Gasteiger partial charge in [-0.15, -0.1) is 0 Å². The number of aryl methyl sites for hydroxylation is 1. The summed E-state index contributed by atoms with van der Waals surface area (Å²) in [5.74, 6) is -1.61. The molecule has 6 heteroatoms. The van der Waals surface area contributed by atoms with Crippen molar-refractivity contribution in [2.45, 2.75) is 13.0 Å². The number of Topliss-reactive ketones (excluding diaryl/α,β-unsaturated/α-hetero) is 1. The highest BCUT2D eigenvalue weighted by Crippen LogP contribution is 2.42. The molecule has 3 aromatic carbocycles. The van der Waals surface area contributed by atoms with Gasteiger partial charge >= 0.3 is 0 Å². The van der Waals surface area contributed by atoms with Gasteiger partial charge < -0.3 is 14.4 Å². The Bertz CT molecular complexity index is 1410. The zero-order chi connectivity index (χ0) is 24.0. The third-order valence-corrected chi connectivity index (χ3v) is 6.10. The number of carbonyl (C=O) groups is 2. The lowest BCUT2D eigenvalue weighted by Gasteiger charge is -2.27. The summed E-state index contributed by atoms with van der Waals surface area (Å²) in [6, 6.07) is 23.2. The highest BCUT2D eigenvalue weighted by atomic mass is 16.3. The van der Waals surface area contributed by atoms with Gasteiger partial charge in [0.2, 0.25) is 5.78 Å². The van der Waals surface area contributed by atoms with Gasteiger partial charge in [0.1, 0.15) is 5.58 Å². The molecule has 0 fully saturated rings. The SMILES string of the molecule is Cc1cccc(C2C(C(=O)c3cc4ccccc4o3)=C(O)C(=O)N2c2ccc(N(C)C)cc2)c1. The lowest BCUT2D eigenvalue weighted by atomic mass is 9.94. The van der Waals surface area contributed by atoms with Gasteiger partial charge in [0.15, 0.2) is 11.5 Å². The van der Waals surface area contributed by atoms with Crippen LogP contribution in [0.4, 0.5) is 11.4 Å². The number of hydrogen-bond acceptors (Lipinski definition) is 5. The van der Waals surface area contributed by atoms with Gasteiger partial charge in [-0.1, -0.05) is 48.0 Å². The van der Waals surface area contributed by atoms with E-state index in [1.54, 1.807) is 12.1 Å². The minimum absolute atomic E-state index is 0.00587. The van der Waals surface area contributed by atoms with Gasteiger partial charge in [-0.25, -0.2) is 0 Å². The van der Waals surface area contributed by atoms with Crippen LogP contribution >= 0.6 is 0 Å². The molecule has 2 heterocycles. The zero-order valence-corrected chi connectivity index (χ0v) is 19.1. The number of aliphatic hydroxyl groups excluding tert-OH is 1. The Morgan fingerprint density at radius 1 is 0.971 bits per heavy atom. The number of carbonyl (C=O) groups excluding carboxylic acids is 2. The second-order valence-corrected chi connectivity index (χ2v) is 8.64. The van der Waals surface area contributed by atoms with Crippen molar-refractivity contribution in [1.82, 2.24) is 0 Å². The summed E-state index contributed by atoms with van der Waals surface area (Å²) in [5, 5.41) is 11.7. The molecule has 1 aliphatic rings. The van der Waals surface area contributed by atoms with Crippen LogP contribution in [0.3, 0.4) is 0 Å². The molecule has 0 saturated carbocycles. The van der Waals surface area contributed by atoms with E-state index in [1.807, 2.05) is 92.6 Å². The molecule has 1 N–H and O–H groups in total. The van der Waals surface area contributed by atoms with Gasteiger partial charge in [-0.3, -0.25) is 14.5 Å². The molecule has 1 atom stereocenters. The number of hydrogen-bond donors (Lipinski definition) is 1. The third kappa shape index (κ3) is 3.53. The number of benzene rings is 3. The molecule has 6 nitrogen and oxygen atoms in total. The molecule has 1 unspecified atom stereocenters. The normalized spacial score (nSPS) is 15.9. The quantitative estimate of drug-likeness (QED) is 0.400. The summed E-state index contributed by atoms with van der Waals surface area (Å²) in [7, 11) is 3.87. The number of fused-ring (bicyclic) bond motifs is 1. The molecular formula is C28H24N2O4. The molecule has 1 aliphatic heterocycles. The highest BCUT2D eigenvalue weighted by Gasteiger charge is 2.45. The van der Waals surface area contributed by atoms with E-state index in [4.69, 9.17) is 4.42 Å². The molecule has 5 rings (SSSR count). The van der Waals surface area contributed by atoms with E-state index in [0.717, 1.165) is 22.2 Å². The van der Waals surface area contributed by atoms with Crippen LogP contribution in [0.1, 0.15) is 27.7 Å². The van der Waals surface area contributed by atoms with E-state index in [-0.39, 0.29) is 11.3 Å². The lowest BCUT2D eigenvalue weighted by Crippen LogP contribution is -2.31. The van der Waals surface area contributed by atoms with Gasteiger partial charge in [-0.2, -0.15) is 0 Å². The fourth-order valence-corrected chi connectivity index (χ4v) is 4.40.